The summed E-state index contributed by atoms with van der Waals surface area (Å²) in [4.78, 5) is 11.8. The van der Waals surface area contributed by atoms with Crippen molar-refractivity contribution in [3.05, 3.63) is 83.1 Å². The molecule has 0 saturated carbocycles. The number of hydrazine groups is 1. The van der Waals surface area contributed by atoms with E-state index in [2.05, 4.69) is 28.5 Å². The largest absolute Gasteiger partial charge is 0.573 e. The Labute approximate surface area is 216 Å². The second-order valence-electron chi connectivity index (χ2n) is 8.86. The van der Waals surface area contributed by atoms with Crippen molar-refractivity contribution in [2.75, 3.05) is 18.9 Å². The molecule has 1 aliphatic heterocycles. The molecule has 37 heavy (non-hydrogen) atoms. The van der Waals surface area contributed by atoms with Gasteiger partial charge in [0.05, 0.1) is 5.39 Å². The number of rotatable bonds is 8. The summed E-state index contributed by atoms with van der Waals surface area (Å²) in [5.41, 5.74) is 6.26. The average Bonchev–Trinajstić information content (AvgIpc) is 3.46. The van der Waals surface area contributed by atoms with Gasteiger partial charge < -0.3 is 15.1 Å². The topological polar surface area (TPSA) is 62.3 Å². The molecule has 2 aromatic carbocycles. The molecule has 1 atom stereocenters. The summed E-state index contributed by atoms with van der Waals surface area (Å²) in [6, 6.07) is 16.0. The smallest absolute Gasteiger partial charge is 0.406 e. The Hall–Kier alpha value is -3.63. The number of halogens is 3. The number of ether oxygens (including phenoxy) is 1. The number of nitrogens with one attached hydrogen (secondary N) is 2. The first-order chi connectivity index (χ1) is 17.7. The minimum absolute atomic E-state index is 0.0516. The monoisotopic (exact) mass is 525 g/mol. The third-order valence-corrected chi connectivity index (χ3v) is 6.91. The van der Waals surface area contributed by atoms with Crippen molar-refractivity contribution in [1.29, 1.82) is 0 Å². The maximum Gasteiger partial charge on any atom is 0.573 e. The molecule has 0 fully saturated rings. The molecule has 10 heteroatoms. The molecular weight excluding hydrogens is 499 g/mol. The van der Waals surface area contributed by atoms with Gasteiger partial charge in [0.2, 0.25) is 0 Å². The van der Waals surface area contributed by atoms with Crippen molar-refractivity contribution < 1.29 is 17.9 Å². The van der Waals surface area contributed by atoms with Crippen LogP contribution in [0, 0.1) is 6.92 Å². The van der Waals surface area contributed by atoms with Crippen LogP contribution in [0.5, 0.6) is 5.75 Å². The van der Waals surface area contributed by atoms with Crippen LogP contribution in [0.25, 0.3) is 21.3 Å². The molecular formula is C27H26F3N5OS. The van der Waals surface area contributed by atoms with Gasteiger partial charge in [-0.2, -0.15) is 0 Å². The summed E-state index contributed by atoms with van der Waals surface area (Å²) >= 11 is 1.67. The van der Waals surface area contributed by atoms with Gasteiger partial charge in [-0.15, -0.1) is 24.5 Å². The summed E-state index contributed by atoms with van der Waals surface area (Å²) in [6.07, 6.45) is 1.11. The number of anilines is 1. The predicted molar refractivity (Wildman–Crippen MR) is 140 cm³/mol. The molecule has 0 radical (unpaired) electrons. The van der Waals surface area contributed by atoms with Crippen LogP contribution in [-0.2, 0) is 6.42 Å². The van der Waals surface area contributed by atoms with Crippen LogP contribution in [0.15, 0.2) is 66.9 Å². The van der Waals surface area contributed by atoms with E-state index in [0.717, 1.165) is 52.4 Å². The SMILES string of the molecule is Cc1cc2c(NCCCc3ccc(-c4ccc(OC(F)(F)F)cc4)cc3)nc(C3C=CN(C)N3)nc2s1. The lowest BCUT2D eigenvalue weighted by molar-refractivity contribution is -0.274. The zero-order chi connectivity index (χ0) is 26.0. The molecule has 5 rings (SSSR count). The number of hydrogen-bond donors (Lipinski definition) is 2. The molecule has 0 spiro atoms. The van der Waals surface area contributed by atoms with Crippen molar-refractivity contribution in [1.82, 2.24) is 20.4 Å². The standard InChI is InChI=1S/C27H26F3N5OS/c1-17-16-22-24(32-25(33-26(22)37-17)23-13-15-35(2)34-23)31-14-3-4-18-5-7-19(8-6-18)20-9-11-21(12-10-20)36-27(28,29)30/h5-13,15-16,23,34H,3-4,14H2,1-2H3,(H,31,32,33). The van der Waals surface area contributed by atoms with Crippen molar-refractivity contribution >= 4 is 27.4 Å². The molecule has 1 unspecified atom stereocenters. The number of aromatic nitrogens is 2. The summed E-state index contributed by atoms with van der Waals surface area (Å²) in [5, 5.41) is 6.44. The average molecular weight is 526 g/mol. The highest BCUT2D eigenvalue weighted by Crippen LogP contribution is 2.31. The fourth-order valence-electron chi connectivity index (χ4n) is 4.21. The van der Waals surface area contributed by atoms with E-state index in [9.17, 15) is 13.2 Å². The van der Waals surface area contributed by atoms with Gasteiger partial charge in [0.15, 0.2) is 5.82 Å². The van der Waals surface area contributed by atoms with Gasteiger partial charge in [0, 0.05) is 24.7 Å². The van der Waals surface area contributed by atoms with Gasteiger partial charge in [0.1, 0.15) is 22.4 Å². The molecule has 1 aliphatic rings. The number of fused-ring (bicyclic) bond motifs is 1. The quantitative estimate of drug-likeness (QED) is 0.252. The Morgan fingerprint density at radius 2 is 1.76 bits per heavy atom. The van der Waals surface area contributed by atoms with Crippen molar-refractivity contribution in [2.45, 2.75) is 32.2 Å². The summed E-state index contributed by atoms with van der Waals surface area (Å²) < 4.78 is 41.0. The van der Waals surface area contributed by atoms with Gasteiger partial charge in [-0.05, 0) is 60.7 Å². The van der Waals surface area contributed by atoms with Gasteiger partial charge in [-0.1, -0.05) is 36.4 Å². The summed E-state index contributed by atoms with van der Waals surface area (Å²) in [5.74, 6) is 1.36. The van der Waals surface area contributed by atoms with Crippen molar-refractivity contribution in [3.63, 3.8) is 0 Å². The Morgan fingerprint density at radius 3 is 2.41 bits per heavy atom. The van der Waals surface area contributed by atoms with Gasteiger partial charge in [0.25, 0.3) is 0 Å². The Bertz CT molecular complexity index is 1400. The number of thiophene rings is 1. The van der Waals surface area contributed by atoms with E-state index in [1.165, 1.54) is 22.6 Å². The Kier molecular flexibility index (Phi) is 7.03. The number of nitrogens with zero attached hydrogens (tertiary/aromatic N) is 3. The number of aryl methyl sites for hydroxylation is 2. The lowest BCUT2D eigenvalue weighted by Gasteiger charge is -2.15. The van der Waals surface area contributed by atoms with Crippen molar-refractivity contribution in [2.24, 2.45) is 0 Å². The van der Waals surface area contributed by atoms with E-state index in [-0.39, 0.29) is 11.8 Å². The number of alkyl halides is 3. The van der Waals surface area contributed by atoms with Crippen LogP contribution in [0.1, 0.15) is 28.7 Å². The third-order valence-electron chi connectivity index (χ3n) is 5.97. The lowest BCUT2D eigenvalue weighted by atomic mass is 10.0. The molecule has 2 aromatic heterocycles. The van der Waals surface area contributed by atoms with E-state index < -0.39 is 6.36 Å². The predicted octanol–water partition coefficient (Wildman–Crippen LogP) is 6.61. The minimum Gasteiger partial charge on any atom is -0.406 e. The van der Waals surface area contributed by atoms with Crippen LogP contribution in [0.2, 0.25) is 0 Å². The van der Waals surface area contributed by atoms with E-state index >= 15 is 0 Å². The summed E-state index contributed by atoms with van der Waals surface area (Å²) in [7, 11) is 1.94. The second-order valence-corrected chi connectivity index (χ2v) is 10.1. The third kappa shape index (κ3) is 6.20. The van der Waals surface area contributed by atoms with Crippen LogP contribution < -0.4 is 15.5 Å². The van der Waals surface area contributed by atoms with Gasteiger partial charge in [-0.3, -0.25) is 0 Å². The second kappa shape index (κ2) is 10.4. The normalized spacial score (nSPS) is 15.5. The zero-order valence-electron chi connectivity index (χ0n) is 20.3. The molecule has 0 amide bonds. The molecule has 4 aromatic rings. The molecule has 2 N–H and O–H groups in total. The highest BCUT2D eigenvalue weighted by molar-refractivity contribution is 7.18. The maximum absolute atomic E-state index is 12.4. The first-order valence-electron chi connectivity index (χ1n) is 11.9. The van der Waals surface area contributed by atoms with Crippen LogP contribution in [-0.4, -0.2) is 34.9 Å². The van der Waals surface area contributed by atoms with E-state index in [1.807, 2.05) is 48.6 Å². The molecule has 3 heterocycles. The van der Waals surface area contributed by atoms with Gasteiger partial charge in [-0.25, -0.2) is 15.4 Å². The fourth-order valence-corrected chi connectivity index (χ4v) is 5.10. The van der Waals surface area contributed by atoms with Crippen LogP contribution in [0.3, 0.4) is 0 Å². The first kappa shape index (κ1) is 25.0. The molecule has 0 aliphatic carbocycles. The lowest BCUT2D eigenvalue weighted by Crippen LogP contribution is -2.28. The fraction of sp³-hybridized carbons (Fsp3) is 0.259. The Morgan fingerprint density at radius 1 is 1.05 bits per heavy atom. The Balaban J connectivity index is 1.19. The molecule has 6 nitrogen and oxygen atoms in total. The number of benzene rings is 2. The van der Waals surface area contributed by atoms with Crippen LogP contribution in [0.4, 0.5) is 19.0 Å². The highest BCUT2D eigenvalue weighted by Gasteiger charge is 2.31. The first-order valence-corrected chi connectivity index (χ1v) is 12.7. The molecule has 0 saturated heterocycles. The van der Waals surface area contributed by atoms with E-state index in [4.69, 9.17) is 9.97 Å². The molecule has 192 valence electrons. The number of hydrogen-bond acceptors (Lipinski definition) is 7. The minimum atomic E-state index is -4.69. The molecule has 0 bridgehead atoms. The summed E-state index contributed by atoms with van der Waals surface area (Å²) in [6.45, 7) is 2.84. The van der Waals surface area contributed by atoms with E-state index in [0.29, 0.717) is 0 Å². The van der Waals surface area contributed by atoms with Gasteiger partial charge >= 0.3 is 6.36 Å². The highest BCUT2D eigenvalue weighted by atomic mass is 32.1. The van der Waals surface area contributed by atoms with Crippen molar-refractivity contribution in [3.8, 4) is 16.9 Å². The maximum atomic E-state index is 12.4. The van der Waals surface area contributed by atoms with Crippen LogP contribution >= 0.6 is 11.3 Å². The van der Waals surface area contributed by atoms with E-state index in [1.54, 1.807) is 23.5 Å². The zero-order valence-corrected chi connectivity index (χ0v) is 21.2.